The summed E-state index contributed by atoms with van der Waals surface area (Å²) in [5.41, 5.74) is 0. The Morgan fingerprint density at radius 3 is 1.45 bits per heavy atom. The zero-order valence-corrected chi connectivity index (χ0v) is 11.7. The first-order valence-corrected chi connectivity index (χ1v) is 6.65. The molecule has 1 radical (unpaired) electrons. The van der Waals surface area contributed by atoms with Gasteiger partial charge >= 0.3 is 0 Å². The fourth-order valence-corrected chi connectivity index (χ4v) is 2.99. The summed E-state index contributed by atoms with van der Waals surface area (Å²) in [5, 5.41) is 0. The number of unbranched alkanes of at least 4 members (excludes halogenated alkanes) is 2. The van der Waals surface area contributed by atoms with Gasteiger partial charge in [-0.2, -0.15) is 0 Å². The van der Waals surface area contributed by atoms with Crippen LogP contribution in [0.15, 0.2) is 0 Å². The third-order valence-electron chi connectivity index (χ3n) is 1.25. The third kappa shape index (κ3) is 14.5. The Hall–Kier alpha value is 1.70. The quantitative estimate of drug-likeness (QED) is 0.351. The molecule has 0 aliphatic carbocycles. The molecular weight excluding hydrogens is 183 g/mol. The molecule has 0 aromatic heterocycles. The van der Waals surface area contributed by atoms with Gasteiger partial charge in [-0.3, -0.25) is 0 Å². The van der Waals surface area contributed by atoms with Gasteiger partial charge in [-0.15, -0.1) is 0 Å². The molecule has 0 nitrogen and oxygen atoms in total. The van der Waals surface area contributed by atoms with Crippen LogP contribution >= 0.6 is 21.6 Å². The molecule has 0 bridgehead atoms. The van der Waals surface area contributed by atoms with Crippen molar-refractivity contribution < 1.29 is 0 Å². The molecule has 0 saturated heterocycles. The van der Waals surface area contributed by atoms with E-state index in [9.17, 15) is 0 Å². The molecule has 0 spiro atoms. The Bertz CT molecular complexity index is 52.1. The second-order valence-corrected chi connectivity index (χ2v) is 5.05. The largest absolute Gasteiger partial charge is 0.0942 e. The molecule has 0 aromatic rings. The molecular formula is C8H18NaS2. The van der Waals surface area contributed by atoms with Crippen molar-refractivity contribution in [3.05, 3.63) is 0 Å². The number of hydrogen-bond acceptors (Lipinski definition) is 2. The van der Waals surface area contributed by atoms with Crippen LogP contribution in [0.5, 0.6) is 0 Å². The minimum atomic E-state index is 0. The Balaban J connectivity index is 0. The molecule has 0 rings (SSSR count). The standard InChI is InChI=1S/C8H18S2.Na/c1-3-5-7-9-10-8-6-4-2;/h3-8H2,1-2H3;. The molecule has 11 heavy (non-hydrogen) atoms. The molecule has 0 saturated carbocycles. The van der Waals surface area contributed by atoms with E-state index in [0.717, 1.165) is 0 Å². The summed E-state index contributed by atoms with van der Waals surface area (Å²) in [6.07, 6.45) is 5.43. The van der Waals surface area contributed by atoms with Gasteiger partial charge in [-0.25, -0.2) is 0 Å². The van der Waals surface area contributed by atoms with Gasteiger partial charge < -0.3 is 0 Å². The van der Waals surface area contributed by atoms with E-state index in [-0.39, 0.29) is 29.6 Å². The summed E-state index contributed by atoms with van der Waals surface area (Å²) in [6.45, 7) is 4.49. The Morgan fingerprint density at radius 2 is 1.18 bits per heavy atom. The fraction of sp³-hybridized carbons (Fsp3) is 1.00. The average molecular weight is 201 g/mol. The van der Waals surface area contributed by atoms with Crippen LogP contribution < -0.4 is 0 Å². The van der Waals surface area contributed by atoms with Gasteiger partial charge in [0.1, 0.15) is 0 Å². The maximum atomic E-state index is 2.25. The van der Waals surface area contributed by atoms with Crippen molar-refractivity contribution in [2.45, 2.75) is 39.5 Å². The summed E-state index contributed by atoms with van der Waals surface area (Å²) >= 11 is 0. The van der Waals surface area contributed by atoms with Crippen molar-refractivity contribution in [1.82, 2.24) is 0 Å². The van der Waals surface area contributed by atoms with Crippen LogP contribution in [0.1, 0.15) is 39.5 Å². The molecule has 0 aliphatic rings. The van der Waals surface area contributed by atoms with E-state index in [4.69, 9.17) is 0 Å². The van der Waals surface area contributed by atoms with Crippen molar-refractivity contribution >= 4 is 51.1 Å². The topological polar surface area (TPSA) is 0 Å². The fourth-order valence-electron chi connectivity index (χ4n) is 0.524. The molecule has 0 heterocycles. The van der Waals surface area contributed by atoms with Crippen molar-refractivity contribution in [1.29, 1.82) is 0 Å². The molecule has 0 aliphatic heterocycles. The first kappa shape index (κ1) is 15.2. The zero-order valence-electron chi connectivity index (χ0n) is 8.06. The minimum absolute atomic E-state index is 0. The second-order valence-electron chi connectivity index (χ2n) is 2.35. The van der Waals surface area contributed by atoms with Gasteiger partial charge in [0, 0.05) is 41.1 Å². The predicted octanol–water partition coefficient (Wildman–Crippen LogP) is 3.59. The predicted molar refractivity (Wildman–Crippen MR) is 60.5 cm³/mol. The van der Waals surface area contributed by atoms with E-state index in [1.54, 1.807) is 0 Å². The maximum Gasteiger partial charge on any atom is 0.00368 e. The van der Waals surface area contributed by atoms with Crippen molar-refractivity contribution in [3.8, 4) is 0 Å². The molecule has 0 atom stereocenters. The molecule has 0 aromatic carbocycles. The molecule has 0 N–H and O–H groups in total. The van der Waals surface area contributed by atoms with E-state index in [0.29, 0.717) is 0 Å². The normalized spacial score (nSPS) is 9.27. The molecule has 0 amide bonds. The van der Waals surface area contributed by atoms with E-state index >= 15 is 0 Å². The van der Waals surface area contributed by atoms with Gasteiger partial charge in [0.25, 0.3) is 0 Å². The summed E-state index contributed by atoms with van der Waals surface area (Å²) < 4.78 is 0. The summed E-state index contributed by atoms with van der Waals surface area (Å²) in [4.78, 5) is 0. The van der Waals surface area contributed by atoms with Crippen LogP contribution in [-0.2, 0) is 0 Å². The van der Waals surface area contributed by atoms with Crippen LogP contribution in [0, 0.1) is 0 Å². The van der Waals surface area contributed by atoms with E-state index in [1.807, 2.05) is 21.6 Å². The van der Waals surface area contributed by atoms with Crippen LogP contribution in [0.25, 0.3) is 0 Å². The minimum Gasteiger partial charge on any atom is -0.0942 e. The van der Waals surface area contributed by atoms with Crippen LogP contribution in [-0.4, -0.2) is 41.1 Å². The Kier molecular flexibility index (Phi) is 19.7. The smallest absolute Gasteiger partial charge is 0.00368 e. The van der Waals surface area contributed by atoms with E-state index < -0.39 is 0 Å². The van der Waals surface area contributed by atoms with Crippen LogP contribution in [0.3, 0.4) is 0 Å². The van der Waals surface area contributed by atoms with Gasteiger partial charge in [0.15, 0.2) is 0 Å². The second kappa shape index (κ2) is 14.2. The molecule has 3 heteroatoms. The van der Waals surface area contributed by atoms with Crippen molar-refractivity contribution in [2.75, 3.05) is 11.5 Å². The van der Waals surface area contributed by atoms with Gasteiger partial charge in [-0.1, -0.05) is 48.3 Å². The summed E-state index contributed by atoms with van der Waals surface area (Å²) in [5.74, 6) is 2.68. The molecule has 0 fully saturated rings. The van der Waals surface area contributed by atoms with Crippen LogP contribution in [0.2, 0.25) is 0 Å². The summed E-state index contributed by atoms with van der Waals surface area (Å²) in [6, 6.07) is 0. The van der Waals surface area contributed by atoms with Gasteiger partial charge in [0.05, 0.1) is 0 Å². The van der Waals surface area contributed by atoms with Crippen LogP contribution in [0.4, 0.5) is 0 Å². The van der Waals surface area contributed by atoms with E-state index in [1.165, 1.54) is 37.2 Å². The Morgan fingerprint density at radius 1 is 0.818 bits per heavy atom. The number of rotatable bonds is 7. The van der Waals surface area contributed by atoms with Gasteiger partial charge in [0.2, 0.25) is 0 Å². The zero-order chi connectivity index (χ0) is 7.66. The average Bonchev–Trinajstić information content (AvgIpc) is 1.97. The molecule has 0 unspecified atom stereocenters. The third-order valence-corrected chi connectivity index (χ3v) is 3.82. The van der Waals surface area contributed by atoms with Gasteiger partial charge in [-0.05, 0) is 12.8 Å². The summed E-state index contributed by atoms with van der Waals surface area (Å²) in [7, 11) is 4.07. The first-order chi connectivity index (χ1) is 4.91. The first-order valence-electron chi connectivity index (χ1n) is 4.16. The van der Waals surface area contributed by atoms with Crippen molar-refractivity contribution in [3.63, 3.8) is 0 Å². The van der Waals surface area contributed by atoms with E-state index in [2.05, 4.69) is 13.8 Å². The van der Waals surface area contributed by atoms with Crippen molar-refractivity contribution in [2.24, 2.45) is 0 Å². The maximum absolute atomic E-state index is 2.25. The SMILES string of the molecule is CCCCSSCCCC.[Na]. The number of hydrogen-bond donors (Lipinski definition) is 0. The Labute approximate surface area is 101 Å². The molecule has 63 valence electrons. The monoisotopic (exact) mass is 201 g/mol.